The van der Waals surface area contributed by atoms with Crippen LogP contribution in [0.4, 0.5) is 5.69 Å². The molecule has 0 spiro atoms. The Hall–Kier alpha value is -1.74. The minimum absolute atomic E-state index is 0.152. The molecule has 1 aliphatic rings. The molecule has 0 bridgehead atoms. The Kier molecular flexibility index (Phi) is 7.45. The number of ether oxygens (including phenoxy) is 1. The Labute approximate surface area is 180 Å². The van der Waals surface area contributed by atoms with Gasteiger partial charge in [0.1, 0.15) is 5.75 Å². The van der Waals surface area contributed by atoms with Crippen molar-refractivity contribution in [2.45, 2.75) is 23.5 Å². The Bertz CT molecular complexity index is 976. The Balaban J connectivity index is 1.67. The summed E-state index contributed by atoms with van der Waals surface area (Å²) in [5, 5.41) is 3.43. The van der Waals surface area contributed by atoms with E-state index in [-0.39, 0.29) is 16.6 Å². The molecule has 156 valence electrons. The van der Waals surface area contributed by atoms with Crippen LogP contribution in [-0.2, 0) is 20.6 Å². The smallest absolute Gasteiger partial charge is 0.243 e. The van der Waals surface area contributed by atoms with E-state index in [2.05, 4.69) is 5.32 Å². The number of carbonyl (C=O) groups excluding carboxylic acids is 1. The second-order valence-electron chi connectivity index (χ2n) is 6.61. The van der Waals surface area contributed by atoms with Gasteiger partial charge in [0.25, 0.3) is 0 Å². The molecule has 2 aromatic carbocycles. The highest BCUT2D eigenvalue weighted by atomic mass is 35.5. The molecule has 29 heavy (non-hydrogen) atoms. The Morgan fingerprint density at radius 1 is 1.21 bits per heavy atom. The summed E-state index contributed by atoms with van der Waals surface area (Å²) in [6, 6.07) is 12.0. The van der Waals surface area contributed by atoms with Crippen LogP contribution >= 0.6 is 23.4 Å². The molecule has 0 aromatic heterocycles. The van der Waals surface area contributed by atoms with E-state index in [1.807, 2.05) is 24.3 Å². The van der Waals surface area contributed by atoms with Gasteiger partial charge in [0.15, 0.2) is 0 Å². The monoisotopic (exact) mass is 454 g/mol. The lowest BCUT2D eigenvalue weighted by Gasteiger charge is -2.17. The minimum Gasteiger partial charge on any atom is -0.495 e. The predicted molar refractivity (Wildman–Crippen MR) is 117 cm³/mol. The van der Waals surface area contributed by atoms with Crippen LogP contribution in [0.15, 0.2) is 47.4 Å². The van der Waals surface area contributed by atoms with Crippen LogP contribution < -0.4 is 10.1 Å². The third kappa shape index (κ3) is 5.45. The molecular weight excluding hydrogens is 432 g/mol. The molecule has 1 saturated heterocycles. The minimum atomic E-state index is -3.57. The Morgan fingerprint density at radius 2 is 1.93 bits per heavy atom. The van der Waals surface area contributed by atoms with Gasteiger partial charge in [0, 0.05) is 23.9 Å². The van der Waals surface area contributed by atoms with Gasteiger partial charge in [0.05, 0.1) is 23.4 Å². The summed E-state index contributed by atoms with van der Waals surface area (Å²) in [7, 11) is -2.10. The van der Waals surface area contributed by atoms with Crippen molar-refractivity contribution in [3.8, 4) is 5.75 Å². The summed E-state index contributed by atoms with van der Waals surface area (Å²) in [5.41, 5.74) is 1.30. The Morgan fingerprint density at radius 3 is 2.62 bits per heavy atom. The zero-order valence-corrected chi connectivity index (χ0v) is 18.4. The molecule has 1 aliphatic heterocycles. The molecular formula is C20H23ClN2O4S2. The maximum absolute atomic E-state index is 12.8. The third-order valence-corrected chi connectivity index (χ3v) is 7.84. The molecule has 1 fully saturated rings. The van der Waals surface area contributed by atoms with Gasteiger partial charge < -0.3 is 10.1 Å². The number of rotatable bonds is 8. The van der Waals surface area contributed by atoms with Crippen LogP contribution in [-0.4, -0.2) is 44.6 Å². The van der Waals surface area contributed by atoms with Crippen molar-refractivity contribution in [3.05, 3.63) is 53.1 Å². The molecule has 0 radical (unpaired) electrons. The van der Waals surface area contributed by atoms with E-state index >= 15 is 0 Å². The maximum Gasteiger partial charge on any atom is 0.243 e. The largest absolute Gasteiger partial charge is 0.495 e. The normalized spacial score (nSPS) is 14.7. The van der Waals surface area contributed by atoms with Gasteiger partial charge in [-0.2, -0.15) is 4.31 Å². The zero-order valence-electron chi connectivity index (χ0n) is 16.1. The van der Waals surface area contributed by atoms with Crippen molar-refractivity contribution in [1.29, 1.82) is 0 Å². The van der Waals surface area contributed by atoms with Gasteiger partial charge in [-0.15, -0.1) is 11.8 Å². The topological polar surface area (TPSA) is 75.7 Å². The fourth-order valence-electron chi connectivity index (χ4n) is 3.08. The molecule has 6 nitrogen and oxygen atoms in total. The molecule has 2 aromatic rings. The first kappa shape index (κ1) is 22.0. The summed E-state index contributed by atoms with van der Waals surface area (Å²) in [6.07, 6.45) is 1.73. The predicted octanol–water partition coefficient (Wildman–Crippen LogP) is 4.01. The number of nitrogens with one attached hydrogen (secondary N) is 1. The highest BCUT2D eigenvalue weighted by Crippen LogP contribution is 2.30. The van der Waals surface area contributed by atoms with E-state index in [9.17, 15) is 13.2 Å². The highest BCUT2D eigenvalue weighted by molar-refractivity contribution is 7.99. The van der Waals surface area contributed by atoms with Crippen molar-refractivity contribution in [2.75, 3.05) is 31.3 Å². The van der Waals surface area contributed by atoms with E-state index < -0.39 is 10.0 Å². The number of anilines is 1. The fourth-order valence-corrected chi connectivity index (χ4v) is 5.74. The first-order valence-electron chi connectivity index (χ1n) is 9.21. The molecule has 9 heteroatoms. The second-order valence-corrected chi connectivity index (χ2v) is 9.94. The summed E-state index contributed by atoms with van der Waals surface area (Å²) in [6.45, 7) is 1.05. The average molecular weight is 455 g/mol. The lowest BCUT2D eigenvalue weighted by atomic mass is 10.2. The van der Waals surface area contributed by atoms with Gasteiger partial charge in [0.2, 0.25) is 15.9 Å². The molecule has 0 saturated carbocycles. The molecule has 0 aliphatic carbocycles. The number of methoxy groups -OCH3 is 1. The number of sulfonamides is 1. The molecule has 1 N–H and O–H groups in total. The van der Waals surface area contributed by atoms with Crippen molar-refractivity contribution in [2.24, 2.45) is 0 Å². The van der Waals surface area contributed by atoms with Gasteiger partial charge in [-0.05, 0) is 42.7 Å². The number of amides is 1. The first-order chi connectivity index (χ1) is 13.9. The number of carbonyl (C=O) groups is 1. The standard InChI is InChI=1S/C20H23ClN2O4S2/c1-27-19-9-8-16(29(25,26)23-10-4-5-11-23)12-18(19)22-20(24)14-28-13-15-6-2-3-7-17(15)21/h2-3,6-9,12H,4-5,10-11,13-14H2,1H3,(H,22,24). The van der Waals surface area contributed by atoms with Gasteiger partial charge in [-0.25, -0.2) is 8.42 Å². The average Bonchev–Trinajstić information content (AvgIpc) is 3.25. The van der Waals surface area contributed by atoms with Crippen LogP contribution in [0, 0.1) is 0 Å². The quantitative estimate of drug-likeness (QED) is 0.652. The van der Waals surface area contributed by atoms with Crippen LogP contribution in [0.3, 0.4) is 0 Å². The van der Waals surface area contributed by atoms with Gasteiger partial charge >= 0.3 is 0 Å². The fraction of sp³-hybridized carbons (Fsp3) is 0.350. The second kappa shape index (κ2) is 9.84. The number of nitrogens with zero attached hydrogens (tertiary/aromatic N) is 1. The van der Waals surface area contributed by atoms with Gasteiger partial charge in [-0.1, -0.05) is 29.8 Å². The summed E-state index contributed by atoms with van der Waals surface area (Å²) in [5.74, 6) is 0.983. The van der Waals surface area contributed by atoms with Crippen molar-refractivity contribution in [1.82, 2.24) is 4.31 Å². The van der Waals surface area contributed by atoms with Crippen molar-refractivity contribution < 1.29 is 17.9 Å². The third-order valence-electron chi connectivity index (χ3n) is 4.60. The zero-order chi connectivity index (χ0) is 20.9. The first-order valence-corrected chi connectivity index (χ1v) is 12.2. The highest BCUT2D eigenvalue weighted by Gasteiger charge is 2.28. The van der Waals surface area contributed by atoms with E-state index in [1.165, 1.54) is 35.3 Å². The van der Waals surface area contributed by atoms with Crippen molar-refractivity contribution in [3.63, 3.8) is 0 Å². The molecule has 3 rings (SSSR count). The molecule has 1 amide bonds. The number of halogens is 1. The van der Waals surface area contributed by atoms with Crippen LogP contribution in [0.5, 0.6) is 5.75 Å². The summed E-state index contributed by atoms with van der Waals surface area (Å²) in [4.78, 5) is 12.5. The van der Waals surface area contributed by atoms with E-state index in [1.54, 1.807) is 6.07 Å². The van der Waals surface area contributed by atoms with Crippen LogP contribution in [0.25, 0.3) is 0 Å². The summed E-state index contributed by atoms with van der Waals surface area (Å²) < 4.78 is 32.3. The van der Waals surface area contributed by atoms with E-state index in [4.69, 9.17) is 16.3 Å². The van der Waals surface area contributed by atoms with Gasteiger partial charge in [-0.3, -0.25) is 4.79 Å². The molecule has 1 heterocycles. The number of hydrogen-bond acceptors (Lipinski definition) is 5. The lowest BCUT2D eigenvalue weighted by molar-refractivity contribution is -0.113. The van der Waals surface area contributed by atoms with Crippen molar-refractivity contribution >= 4 is 45.0 Å². The van der Waals surface area contributed by atoms with E-state index in [0.29, 0.717) is 35.3 Å². The summed E-state index contributed by atoms with van der Waals surface area (Å²) >= 11 is 7.56. The number of thioether (sulfide) groups is 1. The lowest BCUT2D eigenvalue weighted by Crippen LogP contribution is -2.28. The number of benzene rings is 2. The molecule has 0 atom stereocenters. The van der Waals surface area contributed by atoms with Crippen LogP contribution in [0.1, 0.15) is 18.4 Å². The van der Waals surface area contributed by atoms with E-state index in [0.717, 1.165) is 18.4 Å². The maximum atomic E-state index is 12.8. The van der Waals surface area contributed by atoms with Crippen LogP contribution in [0.2, 0.25) is 5.02 Å². The molecule has 0 unspecified atom stereocenters. The number of hydrogen-bond donors (Lipinski definition) is 1. The SMILES string of the molecule is COc1ccc(S(=O)(=O)N2CCCC2)cc1NC(=O)CSCc1ccccc1Cl.